The number of rotatable bonds is 4. The summed E-state index contributed by atoms with van der Waals surface area (Å²) in [6.07, 6.45) is 5.79. The number of fused-ring (bicyclic) bond motifs is 1. The van der Waals surface area contributed by atoms with Crippen molar-refractivity contribution < 1.29 is 9.53 Å². The fourth-order valence-corrected chi connectivity index (χ4v) is 4.72. The molecule has 0 aliphatic carbocycles. The third-order valence-electron chi connectivity index (χ3n) is 6.56. The number of cyclic esters (lactones) is 1. The van der Waals surface area contributed by atoms with Crippen LogP contribution in [-0.4, -0.2) is 47.7 Å². The molecule has 1 unspecified atom stereocenters. The number of hydrogen-bond donors (Lipinski definition) is 1. The molecule has 2 aromatic rings. The van der Waals surface area contributed by atoms with Gasteiger partial charge in [-0.05, 0) is 48.7 Å². The third-order valence-corrected chi connectivity index (χ3v) is 6.56. The first-order chi connectivity index (χ1) is 15.5. The van der Waals surface area contributed by atoms with E-state index in [1.165, 1.54) is 5.56 Å². The van der Waals surface area contributed by atoms with E-state index in [0.29, 0.717) is 17.7 Å². The Bertz CT molecular complexity index is 1190. The number of benzene rings is 1. The maximum Gasteiger partial charge on any atom is 0.338 e. The number of aliphatic imine (C=N–C) groups is 1. The number of esters is 1. The molecule has 5 rings (SSSR count). The van der Waals surface area contributed by atoms with Crippen molar-refractivity contribution >= 4 is 11.7 Å². The van der Waals surface area contributed by atoms with E-state index in [2.05, 4.69) is 46.4 Å². The number of hydrogen-bond acceptors (Lipinski definition) is 7. The van der Waals surface area contributed by atoms with Gasteiger partial charge in [0.25, 0.3) is 0 Å². The first-order valence-corrected chi connectivity index (χ1v) is 10.9. The predicted molar refractivity (Wildman–Crippen MR) is 120 cm³/mol. The first-order valence-electron chi connectivity index (χ1n) is 10.9. The van der Waals surface area contributed by atoms with E-state index in [1.54, 1.807) is 6.20 Å². The van der Waals surface area contributed by atoms with E-state index in [0.717, 1.165) is 54.3 Å². The molecule has 32 heavy (non-hydrogen) atoms. The van der Waals surface area contributed by atoms with Crippen LogP contribution in [-0.2, 0) is 11.3 Å². The molecule has 0 spiro atoms. The standard InChI is InChI=1S/C25H25N5O2/c1-15-9-23(28-11-17(15)10-26)22-6-3-18(29-22)12-30-8-7-27-24(13-30)19-4-5-20-21(16(19)2)14-32-25(20)31/h3-6,9,11,22,24,27H,7-8,12-14H2,1-2H3/t22?,24-/m1/s1. The van der Waals surface area contributed by atoms with Crippen molar-refractivity contribution in [3.05, 3.63) is 75.6 Å². The second-order valence-electron chi connectivity index (χ2n) is 8.58. The van der Waals surface area contributed by atoms with Crippen molar-refractivity contribution in [1.82, 2.24) is 15.2 Å². The van der Waals surface area contributed by atoms with Crippen molar-refractivity contribution in [2.75, 3.05) is 26.2 Å². The van der Waals surface area contributed by atoms with Gasteiger partial charge in [-0.25, -0.2) is 4.79 Å². The lowest BCUT2D eigenvalue weighted by atomic mass is 9.93. The Morgan fingerprint density at radius 2 is 2.22 bits per heavy atom. The van der Waals surface area contributed by atoms with E-state index >= 15 is 0 Å². The van der Waals surface area contributed by atoms with Crippen molar-refractivity contribution in [2.24, 2.45) is 4.99 Å². The minimum atomic E-state index is -0.222. The highest BCUT2D eigenvalue weighted by Gasteiger charge is 2.28. The Morgan fingerprint density at radius 1 is 1.34 bits per heavy atom. The summed E-state index contributed by atoms with van der Waals surface area (Å²) in [4.78, 5) is 23.6. The first kappa shape index (κ1) is 20.6. The van der Waals surface area contributed by atoms with E-state index < -0.39 is 0 Å². The van der Waals surface area contributed by atoms with Crippen LogP contribution in [0.25, 0.3) is 0 Å². The molecule has 1 N–H and O–H groups in total. The molecule has 3 aliphatic rings. The zero-order chi connectivity index (χ0) is 22.2. The van der Waals surface area contributed by atoms with Crippen molar-refractivity contribution in [3.8, 4) is 6.07 Å². The molecule has 1 saturated heterocycles. The Balaban J connectivity index is 1.28. The van der Waals surface area contributed by atoms with Crippen LogP contribution in [0.5, 0.6) is 0 Å². The molecule has 0 bridgehead atoms. The molecule has 0 amide bonds. The number of ether oxygens (including phenoxy) is 1. The van der Waals surface area contributed by atoms with Gasteiger partial charge in [0.05, 0.1) is 16.8 Å². The topological polar surface area (TPSA) is 90.6 Å². The van der Waals surface area contributed by atoms with Crippen LogP contribution in [0.4, 0.5) is 0 Å². The predicted octanol–water partition coefficient (Wildman–Crippen LogP) is 2.94. The van der Waals surface area contributed by atoms with Gasteiger partial charge in [-0.3, -0.25) is 14.9 Å². The lowest BCUT2D eigenvalue weighted by molar-refractivity contribution is 0.0535. The molecule has 162 valence electrons. The number of nitriles is 1. The Kier molecular flexibility index (Phi) is 5.33. The van der Waals surface area contributed by atoms with Gasteiger partial charge in [-0.1, -0.05) is 12.1 Å². The quantitative estimate of drug-likeness (QED) is 0.755. The van der Waals surface area contributed by atoms with Gasteiger partial charge in [0, 0.05) is 49.7 Å². The number of carbonyl (C=O) groups is 1. The second kappa shape index (κ2) is 8.30. The van der Waals surface area contributed by atoms with Crippen LogP contribution in [0.3, 0.4) is 0 Å². The van der Waals surface area contributed by atoms with Gasteiger partial charge in [-0.15, -0.1) is 0 Å². The SMILES string of the molecule is Cc1cc(C2C=CC(CN3CCN[C@@H](c4ccc5c(c4C)COC5=O)C3)=N2)ncc1C#N. The van der Waals surface area contributed by atoms with Gasteiger partial charge in [-0.2, -0.15) is 5.26 Å². The Labute approximate surface area is 187 Å². The molecular weight excluding hydrogens is 402 g/mol. The summed E-state index contributed by atoms with van der Waals surface area (Å²) in [5.74, 6) is -0.222. The highest BCUT2D eigenvalue weighted by molar-refractivity contribution is 5.98. The zero-order valence-corrected chi connectivity index (χ0v) is 18.3. The molecule has 7 nitrogen and oxygen atoms in total. The van der Waals surface area contributed by atoms with Gasteiger partial charge < -0.3 is 10.1 Å². The van der Waals surface area contributed by atoms with E-state index in [1.807, 2.05) is 19.1 Å². The summed E-state index contributed by atoms with van der Waals surface area (Å²) < 4.78 is 5.21. The van der Waals surface area contributed by atoms with E-state index in [4.69, 9.17) is 15.0 Å². The van der Waals surface area contributed by atoms with Crippen molar-refractivity contribution in [3.63, 3.8) is 0 Å². The van der Waals surface area contributed by atoms with Gasteiger partial charge >= 0.3 is 5.97 Å². The van der Waals surface area contributed by atoms with Crippen LogP contribution in [0.1, 0.15) is 56.0 Å². The van der Waals surface area contributed by atoms with Crippen LogP contribution in [0.15, 0.2) is 41.5 Å². The van der Waals surface area contributed by atoms with Gasteiger partial charge in [0.1, 0.15) is 18.7 Å². The molecule has 2 atom stereocenters. The lowest BCUT2D eigenvalue weighted by Crippen LogP contribution is -2.47. The number of aromatic nitrogens is 1. The summed E-state index contributed by atoms with van der Waals surface area (Å²) in [7, 11) is 0. The number of piperazine rings is 1. The van der Waals surface area contributed by atoms with E-state index in [-0.39, 0.29) is 18.1 Å². The van der Waals surface area contributed by atoms with Crippen molar-refractivity contribution in [2.45, 2.75) is 32.5 Å². The van der Waals surface area contributed by atoms with E-state index in [9.17, 15) is 4.79 Å². The molecule has 0 radical (unpaired) electrons. The summed E-state index contributed by atoms with van der Waals surface area (Å²) in [6, 6.07) is 8.18. The number of aryl methyl sites for hydroxylation is 1. The average Bonchev–Trinajstić information content (AvgIpc) is 3.41. The largest absolute Gasteiger partial charge is 0.457 e. The summed E-state index contributed by atoms with van der Waals surface area (Å²) in [6.45, 7) is 7.89. The summed E-state index contributed by atoms with van der Waals surface area (Å²) >= 11 is 0. The number of carbonyl (C=O) groups excluding carboxylic acids is 1. The molecule has 3 aliphatic heterocycles. The molecular formula is C25H25N5O2. The minimum Gasteiger partial charge on any atom is -0.457 e. The fraction of sp³-hybridized carbons (Fsp3) is 0.360. The van der Waals surface area contributed by atoms with Crippen LogP contribution >= 0.6 is 0 Å². The van der Waals surface area contributed by atoms with Gasteiger partial charge in [0.15, 0.2) is 0 Å². The smallest absolute Gasteiger partial charge is 0.338 e. The zero-order valence-electron chi connectivity index (χ0n) is 18.3. The molecule has 1 fully saturated rings. The Hall–Kier alpha value is -3.34. The highest BCUT2D eigenvalue weighted by atomic mass is 16.5. The second-order valence-corrected chi connectivity index (χ2v) is 8.58. The minimum absolute atomic E-state index is 0.0911. The lowest BCUT2D eigenvalue weighted by Gasteiger charge is -2.34. The van der Waals surface area contributed by atoms with Crippen molar-refractivity contribution in [1.29, 1.82) is 5.26 Å². The monoisotopic (exact) mass is 427 g/mol. The summed E-state index contributed by atoms with van der Waals surface area (Å²) in [5.41, 5.74) is 7.53. The van der Waals surface area contributed by atoms with Crippen LogP contribution in [0.2, 0.25) is 0 Å². The maximum absolute atomic E-state index is 11.8. The van der Waals surface area contributed by atoms with Crippen LogP contribution < -0.4 is 5.32 Å². The van der Waals surface area contributed by atoms with Crippen LogP contribution in [0, 0.1) is 25.2 Å². The maximum atomic E-state index is 11.8. The molecule has 7 heteroatoms. The number of pyridine rings is 1. The third kappa shape index (κ3) is 3.72. The normalized spacial score (nSPS) is 22.4. The molecule has 1 aromatic heterocycles. The van der Waals surface area contributed by atoms with Gasteiger partial charge in [0.2, 0.25) is 0 Å². The fourth-order valence-electron chi connectivity index (χ4n) is 4.72. The molecule has 0 saturated carbocycles. The summed E-state index contributed by atoms with van der Waals surface area (Å²) in [5, 5.41) is 12.7. The molecule has 4 heterocycles. The Morgan fingerprint density at radius 3 is 3.03 bits per heavy atom. The number of nitrogens with one attached hydrogen (secondary N) is 1. The number of nitrogens with zero attached hydrogens (tertiary/aromatic N) is 4. The average molecular weight is 428 g/mol. The molecule has 1 aromatic carbocycles. The highest BCUT2D eigenvalue weighted by Crippen LogP contribution is 2.30.